The highest BCUT2D eigenvalue weighted by atomic mass is 35.5. The summed E-state index contributed by atoms with van der Waals surface area (Å²) in [5.74, 6) is -10.0. The fraction of sp³-hybridized carbons (Fsp3) is 0.222. The van der Waals surface area contributed by atoms with Crippen molar-refractivity contribution in [2.75, 3.05) is 6.61 Å². The number of ketones is 2. The standard InChI is InChI=1S/C19H16ClF3O3.C17H12ClF3O3/c1-2-26-17(24)8-7-14(15-9-13(22)10-16(23)18(15)20)19(25)11-3-5-12(21)6-4-11;18-16-13(7-11(20)8-14(16)21)12(5-6-15(22)23)17(24)9-1-3-10(19)4-2-9/h3-6,9-10,14H,2,7-8H2,1H3;1-4,7-8,12H,5-6H2,(H,22,23). The third-order valence-corrected chi connectivity index (χ3v) is 8.07. The monoisotopic (exact) mass is 740 g/mol. The molecular formula is C36H28Cl2F6O6. The molecule has 0 bridgehead atoms. The number of carbonyl (C=O) groups is 4. The van der Waals surface area contributed by atoms with Crippen LogP contribution in [0.5, 0.6) is 0 Å². The molecule has 0 aliphatic carbocycles. The van der Waals surface area contributed by atoms with Crippen LogP contribution in [0.3, 0.4) is 0 Å². The van der Waals surface area contributed by atoms with E-state index in [-0.39, 0.29) is 48.1 Å². The molecule has 4 aromatic carbocycles. The fourth-order valence-electron chi connectivity index (χ4n) is 4.91. The average Bonchev–Trinajstić information content (AvgIpc) is 3.06. The van der Waals surface area contributed by atoms with Gasteiger partial charge in [-0.2, -0.15) is 0 Å². The van der Waals surface area contributed by atoms with Gasteiger partial charge in [-0.1, -0.05) is 23.2 Å². The first-order valence-corrected chi connectivity index (χ1v) is 15.6. The number of ether oxygens (including phenoxy) is 1. The number of carboxylic acids is 1. The average molecular weight is 742 g/mol. The maximum atomic E-state index is 13.8. The predicted molar refractivity (Wildman–Crippen MR) is 172 cm³/mol. The fourth-order valence-corrected chi connectivity index (χ4v) is 5.39. The maximum absolute atomic E-state index is 13.8. The molecule has 0 saturated heterocycles. The summed E-state index contributed by atoms with van der Waals surface area (Å²) in [4.78, 5) is 47.9. The smallest absolute Gasteiger partial charge is 0.305 e. The molecule has 6 nitrogen and oxygen atoms in total. The van der Waals surface area contributed by atoms with Crippen molar-refractivity contribution < 1.29 is 55.4 Å². The Morgan fingerprint density at radius 2 is 1.00 bits per heavy atom. The van der Waals surface area contributed by atoms with E-state index >= 15 is 0 Å². The van der Waals surface area contributed by atoms with Gasteiger partial charge in [-0.3, -0.25) is 19.2 Å². The van der Waals surface area contributed by atoms with Crippen molar-refractivity contribution in [1.29, 1.82) is 0 Å². The molecule has 4 aromatic rings. The number of rotatable bonds is 13. The van der Waals surface area contributed by atoms with E-state index in [2.05, 4.69) is 0 Å². The van der Waals surface area contributed by atoms with Gasteiger partial charge >= 0.3 is 11.9 Å². The summed E-state index contributed by atoms with van der Waals surface area (Å²) >= 11 is 11.8. The van der Waals surface area contributed by atoms with E-state index in [9.17, 15) is 45.5 Å². The molecule has 0 saturated carbocycles. The van der Waals surface area contributed by atoms with Gasteiger partial charge in [0.1, 0.15) is 34.9 Å². The van der Waals surface area contributed by atoms with E-state index in [1.54, 1.807) is 6.92 Å². The molecule has 2 unspecified atom stereocenters. The topological polar surface area (TPSA) is 97.7 Å². The van der Waals surface area contributed by atoms with Crippen LogP contribution in [0.25, 0.3) is 0 Å². The first kappa shape index (κ1) is 39.8. The van der Waals surface area contributed by atoms with Crippen LogP contribution >= 0.6 is 23.2 Å². The zero-order chi connectivity index (χ0) is 37.1. The Labute approximate surface area is 292 Å². The molecule has 0 radical (unpaired) electrons. The lowest BCUT2D eigenvalue weighted by molar-refractivity contribution is -0.143. The third kappa shape index (κ3) is 10.9. The summed E-state index contributed by atoms with van der Waals surface area (Å²) in [5.41, 5.74) is 0.0288. The number of halogens is 8. The summed E-state index contributed by atoms with van der Waals surface area (Å²) in [5, 5.41) is 8.00. The predicted octanol–water partition coefficient (Wildman–Crippen LogP) is 9.66. The first-order valence-electron chi connectivity index (χ1n) is 14.9. The third-order valence-electron chi connectivity index (χ3n) is 7.27. The van der Waals surface area contributed by atoms with Crippen LogP contribution in [-0.4, -0.2) is 35.2 Å². The Bertz CT molecular complexity index is 1850. The number of carboxylic acid groups (broad SMARTS) is 1. The minimum absolute atomic E-state index is 0.0579. The van der Waals surface area contributed by atoms with Gasteiger partial charge in [-0.25, -0.2) is 26.3 Å². The van der Waals surface area contributed by atoms with Crippen molar-refractivity contribution >= 4 is 46.7 Å². The molecule has 2 atom stereocenters. The second-order valence-electron chi connectivity index (χ2n) is 10.7. The van der Waals surface area contributed by atoms with Crippen LogP contribution in [0.15, 0.2) is 72.8 Å². The van der Waals surface area contributed by atoms with E-state index < -0.39 is 86.7 Å². The summed E-state index contributed by atoms with van der Waals surface area (Å²) in [6, 6.07) is 12.3. The molecule has 50 heavy (non-hydrogen) atoms. The number of esters is 1. The zero-order valence-corrected chi connectivity index (χ0v) is 27.6. The van der Waals surface area contributed by atoms with Crippen molar-refractivity contribution in [3.63, 3.8) is 0 Å². The van der Waals surface area contributed by atoms with Crippen LogP contribution in [0.4, 0.5) is 26.3 Å². The van der Waals surface area contributed by atoms with E-state index in [0.717, 1.165) is 36.4 Å². The van der Waals surface area contributed by atoms with Crippen molar-refractivity contribution in [3.05, 3.63) is 140 Å². The Balaban J connectivity index is 0.000000271. The number of carbonyl (C=O) groups excluding carboxylic acids is 3. The second-order valence-corrected chi connectivity index (χ2v) is 11.5. The largest absolute Gasteiger partial charge is 0.481 e. The van der Waals surface area contributed by atoms with Crippen LogP contribution < -0.4 is 0 Å². The Morgan fingerprint density at radius 1 is 0.620 bits per heavy atom. The maximum Gasteiger partial charge on any atom is 0.305 e. The lowest BCUT2D eigenvalue weighted by Crippen LogP contribution is -2.17. The van der Waals surface area contributed by atoms with Crippen LogP contribution in [0.1, 0.15) is 76.3 Å². The first-order chi connectivity index (χ1) is 23.6. The highest BCUT2D eigenvalue weighted by molar-refractivity contribution is 6.32. The van der Waals surface area contributed by atoms with E-state index in [0.29, 0.717) is 12.1 Å². The molecule has 0 aliphatic heterocycles. The molecule has 0 aliphatic rings. The minimum atomic E-state index is -1.17. The van der Waals surface area contributed by atoms with Gasteiger partial charge < -0.3 is 9.84 Å². The van der Waals surface area contributed by atoms with Gasteiger partial charge in [-0.05, 0) is 91.6 Å². The minimum Gasteiger partial charge on any atom is -0.481 e. The normalized spacial score (nSPS) is 11.9. The van der Waals surface area contributed by atoms with Crippen molar-refractivity contribution in [2.45, 2.75) is 44.4 Å². The van der Waals surface area contributed by atoms with Gasteiger partial charge in [0.2, 0.25) is 0 Å². The number of hydrogen-bond donors (Lipinski definition) is 1. The zero-order valence-electron chi connectivity index (χ0n) is 26.1. The summed E-state index contributed by atoms with van der Waals surface area (Å²) in [6.07, 6.45) is -0.794. The molecule has 0 spiro atoms. The van der Waals surface area contributed by atoms with E-state index in [1.165, 1.54) is 24.3 Å². The van der Waals surface area contributed by atoms with Crippen molar-refractivity contribution in [1.82, 2.24) is 0 Å². The molecule has 264 valence electrons. The van der Waals surface area contributed by atoms with Gasteiger partial charge in [0, 0.05) is 47.9 Å². The molecule has 4 rings (SSSR count). The lowest BCUT2D eigenvalue weighted by atomic mass is 9.86. The van der Waals surface area contributed by atoms with Crippen molar-refractivity contribution in [2.24, 2.45) is 0 Å². The van der Waals surface area contributed by atoms with Gasteiger partial charge in [0.05, 0.1) is 16.7 Å². The van der Waals surface area contributed by atoms with Gasteiger partial charge in [0.25, 0.3) is 0 Å². The molecule has 0 heterocycles. The van der Waals surface area contributed by atoms with E-state index in [4.69, 9.17) is 33.0 Å². The lowest BCUT2D eigenvalue weighted by Gasteiger charge is -2.18. The highest BCUT2D eigenvalue weighted by Gasteiger charge is 2.29. The molecule has 0 fully saturated rings. The summed E-state index contributed by atoms with van der Waals surface area (Å²) in [7, 11) is 0. The Kier molecular flexibility index (Phi) is 14.6. The van der Waals surface area contributed by atoms with E-state index in [1.807, 2.05) is 0 Å². The van der Waals surface area contributed by atoms with Crippen LogP contribution in [-0.2, 0) is 14.3 Å². The molecular weight excluding hydrogens is 713 g/mol. The Morgan fingerprint density at radius 3 is 1.36 bits per heavy atom. The summed E-state index contributed by atoms with van der Waals surface area (Å²) < 4.78 is 85.6. The molecule has 14 heteroatoms. The van der Waals surface area contributed by atoms with Crippen LogP contribution in [0.2, 0.25) is 10.0 Å². The van der Waals surface area contributed by atoms with Gasteiger partial charge in [-0.15, -0.1) is 0 Å². The van der Waals surface area contributed by atoms with Gasteiger partial charge in [0.15, 0.2) is 11.6 Å². The summed E-state index contributed by atoms with van der Waals surface area (Å²) in [6.45, 7) is 1.81. The van der Waals surface area contributed by atoms with Crippen LogP contribution in [0, 0.1) is 34.9 Å². The molecule has 1 N–H and O–H groups in total. The second kappa shape index (κ2) is 18.4. The molecule has 0 amide bonds. The van der Waals surface area contributed by atoms with Crippen molar-refractivity contribution in [3.8, 4) is 0 Å². The molecule has 0 aromatic heterocycles. The highest BCUT2D eigenvalue weighted by Crippen LogP contribution is 2.35. The number of aliphatic carboxylic acids is 1. The number of benzene rings is 4. The quantitative estimate of drug-likeness (QED) is 0.0635. The number of Topliss-reactive ketones (excluding diaryl/α,β-unsaturated/α-hetero) is 2. The Hall–Kier alpha value is -4.68. The SMILES string of the molecule is CCOC(=O)CCC(C(=O)c1ccc(F)cc1)c1cc(F)cc(F)c1Cl.O=C(O)CCC(C(=O)c1ccc(F)cc1)c1cc(F)cc(F)c1Cl. The number of hydrogen-bond acceptors (Lipinski definition) is 5.